The number of hydrogen-bond acceptors (Lipinski definition) is 3. The van der Waals surface area contributed by atoms with Crippen LogP contribution in [0.1, 0.15) is 5.56 Å². The van der Waals surface area contributed by atoms with Crippen LogP contribution >= 0.6 is 12.2 Å². The summed E-state index contributed by atoms with van der Waals surface area (Å²) in [5.74, 6) is -0.243. The van der Waals surface area contributed by atoms with Crippen molar-refractivity contribution in [3.63, 3.8) is 0 Å². The normalized spacial score (nSPS) is 16.2. The molecule has 1 aromatic carbocycles. The van der Waals surface area contributed by atoms with E-state index in [-0.39, 0.29) is 12.5 Å². The lowest BCUT2D eigenvalue weighted by molar-refractivity contribution is -0.115. The van der Waals surface area contributed by atoms with Gasteiger partial charge in [-0.2, -0.15) is 5.26 Å². The minimum absolute atomic E-state index is 0.243. The molecular formula is C14H10N4OS. The van der Waals surface area contributed by atoms with Gasteiger partial charge in [0.1, 0.15) is 12.2 Å². The van der Waals surface area contributed by atoms with Crippen molar-refractivity contribution in [2.24, 2.45) is 0 Å². The molecule has 0 spiro atoms. The number of carbonyl (C=O) groups is 1. The maximum atomic E-state index is 11.7. The van der Waals surface area contributed by atoms with Crippen molar-refractivity contribution in [3.05, 3.63) is 41.7 Å². The van der Waals surface area contributed by atoms with E-state index in [9.17, 15) is 4.79 Å². The summed E-state index contributed by atoms with van der Waals surface area (Å²) in [5.41, 5.74) is 2.25. The Morgan fingerprint density at radius 2 is 2.15 bits per heavy atom. The maximum Gasteiger partial charge on any atom is 0.273 e. The number of aromatic nitrogens is 1. The number of hydrogen-bond donors (Lipinski definition) is 2. The SMILES string of the molecule is N#CCn1cc(C=C2NC(=S)NC2=O)c2ccccc21. The number of carbonyl (C=O) groups excluding carboxylic acids is 1. The molecule has 0 saturated carbocycles. The van der Waals surface area contributed by atoms with Crippen LogP contribution in [0.3, 0.4) is 0 Å². The first-order valence-electron chi connectivity index (χ1n) is 5.98. The van der Waals surface area contributed by atoms with Crippen LogP contribution in [0.2, 0.25) is 0 Å². The second-order valence-electron chi connectivity index (χ2n) is 4.35. The number of fused-ring (bicyclic) bond motifs is 1. The number of amides is 1. The van der Waals surface area contributed by atoms with Crippen LogP contribution in [-0.4, -0.2) is 15.6 Å². The quantitative estimate of drug-likeness (QED) is 0.647. The van der Waals surface area contributed by atoms with Crippen molar-refractivity contribution in [2.45, 2.75) is 6.54 Å². The highest BCUT2D eigenvalue weighted by atomic mass is 32.1. The number of nitrogens with one attached hydrogen (secondary N) is 2. The molecule has 1 aromatic heterocycles. The van der Waals surface area contributed by atoms with Gasteiger partial charge in [-0.05, 0) is 24.4 Å². The van der Waals surface area contributed by atoms with Gasteiger partial charge >= 0.3 is 0 Å². The van der Waals surface area contributed by atoms with Crippen molar-refractivity contribution >= 4 is 40.2 Å². The minimum Gasteiger partial charge on any atom is -0.333 e. The van der Waals surface area contributed by atoms with Crippen LogP contribution in [0.4, 0.5) is 0 Å². The fourth-order valence-corrected chi connectivity index (χ4v) is 2.44. The fourth-order valence-electron chi connectivity index (χ4n) is 2.24. The molecule has 0 aliphatic carbocycles. The summed E-state index contributed by atoms with van der Waals surface area (Å²) in [6.45, 7) is 0.266. The minimum atomic E-state index is -0.243. The van der Waals surface area contributed by atoms with E-state index in [1.807, 2.05) is 35.0 Å². The Bertz CT molecular complexity index is 797. The van der Waals surface area contributed by atoms with E-state index in [0.717, 1.165) is 16.5 Å². The molecule has 0 radical (unpaired) electrons. The van der Waals surface area contributed by atoms with E-state index in [1.54, 1.807) is 6.08 Å². The summed E-state index contributed by atoms with van der Waals surface area (Å²) >= 11 is 4.90. The van der Waals surface area contributed by atoms with E-state index in [2.05, 4.69) is 16.7 Å². The fraction of sp³-hybridized carbons (Fsp3) is 0.0714. The lowest BCUT2D eigenvalue weighted by Crippen LogP contribution is -2.21. The van der Waals surface area contributed by atoms with E-state index in [0.29, 0.717) is 10.8 Å². The Morgan fingerprint density at radius 3 is 2.85 bits per heavy atom. The number of thiocarbonyl (C=S) groups is 1. The molecule has 0 atom stereocenters. The van der Waals surface area contributed by atoms with Crippen LogP contribution in [0, 0.1) is 11.3 Å². The number of nitriles is 1. The smallest absolute Gasteiger partial charge is 0.273 e. The van der Waals surface area contributed by atoms with Gasteiger partial charge in [0.05, 0.1) is 6.07 Å². The highest BCUT2D eigenvalue weighted by molar-refractivity contribution is 7.80. The maximum absolute atomic E-state index is 11.7. The molecule has 1 saturated heterocycles. The number of nitrogens with zero attached hydrogens (tertiary/aromatic N) is 2. The van der Waals surface area contributed by atoms with Gasteiger partial charge in [-0.25, -0.2) is 0 Å². The molecule has 3 rings (SSSR count). The first kappa shape index (κ1) is 12.4. The van der Waals surface area contributed by atoms with E-state index >= 15 is 0 Å². The number of para-hydroxylation sites is 1. The highest BCUT2D eigenvalue weighted by Crippen LogP contribution is 2.23. The summed E-state index contributed by atoms with van der Waals surface area (Å²) < 4.78 is 1.85. The van der Waals surface area contributed by atoms with Gasteiger partial charge in [-0.1, -0.05) is 18.2 Å². The Labute approximate surface area is 120 Å². The average Bonchev–Trinajstić information content (AvgIpc) is 2.93. The molecule has 1 aliphatic heterocycles. The molecule has 0 bridgehead atoms. The predicted octanol–water partition coefficient (Wildman–Crippen LogP) is 1.51. The summed E-state index contributed by atoms with van der Waals surface area (Å²) in [6.07, 6.45) is 3.60. The van der Waals surface area contributed by atoms with Gasteiger partial charge in [0, 0.05) is 22.7 Å². The first-order valence-corrected chi connectivity index (χ1v) is 6.39. The lowest BCUT2D eigenvalue weighted by atomic mass is 10.1. The zero-order valence-electron chi connectivity index (χ0n) is 10.4. The topological polar surface area (TPSA) is 69.8 Å². The van der Waals surface area contributed by atoms with Crippen molar-refractivity contribution in [2.75, 3.05) is 0 Å². The van der Waals surface area contributed by atoms with Gasteiger partial charge < -0.3 is 9.88 Å². The van der Waals surface area contributed by atoms with Gasteiger partial charge in [0.2, 0.25) is 0 Å². The van der Waals surface area contributed by atoms with Crippen molar-refractivity contribution in [3.8, 4) is 6.07 Å². The molecule has 1 fully saturated rings. The Morgan fingerprint density at radius 1 is 1.35 bits per heavy atom. The van der Waals surface area contributed by atoms with Gasteiger partial charge in [-0.3, -0.25) is 10.1 Å². The third-order valence-corrected chi connectivity index (χ3v) is 3.28. The summed E-state index contributed by atoms with van der Waals surface area (Å²) in [5, 5.41) is 15.5. The predicted molar refractivity (Wildman–Crippen MR) is 79.4 cm³/mol. The summed E-state index contributed by atoms with van der Waals surface area (Å²) in [7, 11) is 0. The first-order chi connectivity index (χ1) is 9.69. The average molecular weight is 282 g/mol. The monoisotopic (exact) mass is 282 g/mol. The Balaban J connectivity index is 2.13. The van der Waals surface area contributed by atoms with Crippen LogP contribution in [0.15, 0.2) is 36.2 Å². The third kappa shape index (κ3) is 2.04. The van der Waals surface area contributed by atoms with E-state index in [1.165, 1.54) is 0 Å². The molecule has 5 nitrogen and oxygen atoms in total. The zero-order chi connectivity index (χ0) is 14.1. The van der Waals surface area contributed by atoms with Gasteiger partial charge in [0.25, 0.3) is 5.91 Å². The lowest BCUT2D eigenvalue weighted by Gasteiger charge is -1.96. The summed E-state index contributed by atoms with van der Waals surface area (Å²) in [6, 6.07) is 9.87. The molecule has 1 aliphatic rings. The van der Waals surface area contributed by atoms with Gasteiger partial charge in [-0.15, -0.1) is 0 Å². The number of rotatable bonds is 2. The van der Waals surface area contributed by atoms with Crippen molar-refractivity contribution in [1.29, 1.82) is 5.26 Å². The molecule has 2 heterocycles. The van der Waals surface area contributed by atoms with Crippen LogP contribution in [0.25, 0.3) is 17.0 Å². The van der Waals surface area contributed by atoms with E-state index in [4.69, 9.17) is 17.5 Å². The largest absolute Gasteiger partial charge is 0.333 e. The summed E-state index contributed by atoms with van der Waals surface area (Å²) in [4.78, 5) is 11.7. The molecule has 20 heavy (non-hydrogen) atoms. The second kappa shape index (κ2) is 4.79. The van der Waals surface area contributed by atoms with Crippen LogP contribution < -0.4 is 10.6 Å². The standard InChI is InChI=1S/C14H10N4OS/c15-5-6-18-8-9(10-3-1-2-4-12(10)18)7-11-13(19)17-14(20)16-11/h1-4,7-8H,6H2,(H2,16,17,19,20). The highest BCUT2D eigenvalue weighted by Gasteiger charge is 2.20. The molecule has 2 aromatic rings. The van der Waals surface area contributed by atoms with Crippen LogP contribution in [-0.2, 0) is 11.3 Å². The second-order valence-corrected chi connectivity index (χ2v) is 4.76. The molecule has 0 unspecified atom stereocenters. The number of benzene rings is 1. The van der Waals surface area contributed by atoms with Crippen molar-refractivity contribution in [1.82, 2.24) is 15.2 Å². The van der Waals surface area contributed by atoms with Crippen molar-refractivity contribution < 1.29 is 4.79 Å². The molecule has 1 amide bonds. The van der Waals surface area contributed by atoms with Gasteiger partial charge in [0.15, 0.2) is 5.11 Å². The zero-order valence-corrected chi connectivity index (χ0v) is 11.2. The van der Waals surface area contributed by atoms with Crippen LogP contribution in [0.5, 0.6) is 0 Å². The Hall–Kier alpha value is -2.65. The molecular weight excluding hydrogens is 272 g/mol. The van der Waals surface area contributed by atoms with E-state index < -0.39 is 0 Å². The third-order valence-electron chi connectivity index (χ3n) is 3.08. The molecule has 98 valence electrons. The molecule has 2 N–H and O–H groups in total. The molecule has 6 heteroatoms. The Kier molecular flexibility index (Phi) is 2.97.